The predicted octanol–water partition coefficient (Wildman–Crippen LogP) is 2.48. The number of benzene rings is 1. The molecule has 0 aliphatic carbocycles. The number of aromatic nitrogens is 1. The zero-order valence-corrected chi connectivity index (χ0v) is 12.7. The molecule has 2 aromatic rings. The van der Waals surface area contributed by atoms with Crippen LogP contribution in [0.4, 0.5) is 0 Å². The van der Waals surface area contributed by atoms with E-state index >= 15 is 0 Å². The highest BCUT2D eigenvalue weighted by Crippen LogP contribution is 2.18. The van der Waals surface area contributed by atoms with Crippen LogP contribution in [-0.4, -0.2) is 32.4 Å². The van der Waals surface area contributed by atoms with Gasteiger partial charge in [0, 0.05) is 37.7 Å². The third-order valence-electron chi connectivity index (χ3n) is 2.90. The summed E-state index contributed by atoms with van der Waals surface area (Å²) in [5.41, 5.74) is 1.25. The van der Waals surface area contributed by atoms with Gasteiger partial charge in [0.25, 0.3) is 0 Å². The van der Waals surface area contributed by atoms with Crippen LogP contribution in [0, 0.1) is 0 Å². The first-order valence-corrected chi connectivity index (χ1v) is 7.39. The summed E-state index contributed by atoms with van der Waals surface area (Å²) in [6.45, 7) is 2.45. The normalized spacial score (nSPS) is 10.7. The number of hydrogen-bond acceptors (Lipinski definition) is 5. The van der Waals surface area contributed by atoms with Gasteiger partial charge in [0.05, 0.1) is 18.7 Å². The van der Waals surface area contributed by atoms with E-state index in [1.807, 2.05) is 18.3 Å². The van der Waals surface area contributed by atoms with E-state index in [0.29, 0.717) is 0 Å². The lowest BCUT2D eigenvalue weighted by atomic mass is 10.1. The smallest absolute Gasteiger partial charge is 0.118 e. The summed E-state index contributed by atoms with van der Waals surface area (Å²) in [6, 6.07) is 8.12. The molecule has 0 spiro atoms. The Morgan fingerprint density at radius 2 is 2.00 bits per heavy atom. The topological polar surface area (TPSA) is 43.4 Å². The minimum absolute atomic E-state index is 0.734. The fourth-order valence-corrected chi connectivity index (χ4v) is 2.74. The van der Waals surface area contributed by atoms with Gasteiger partial charge in [-0.3, -0.25) is 0 Å². The van der Waals surface area contributed by atoms with Gasteiger partial charge >= 0.3 is 0 Å². The minimum atomic E-state index is 0.734. The summed E-state index contributed by atoms with van der Waals surface area (Å²) in [5, 5.41) is 4.46. The molecule has 5 heteroatoms. The summed E-state index contributed by atoms with van der Waals surface area (Å²) in [4.78, 5) is 5.72. The zero-order valence-electron chi connectivity index (χ0n) is 11.9. The van der Waals surface area contributed by atoms with E-state index in [1.165, 1.54) is 10.4 Å². The molecule has 1 aromatic carbocycles. The maximum absolute atomic E-state index is 5.16. The van der Waals surface area contributed by atoms with Crippen molar-refractivity contribution < 1.29 is 9.47 Å². The molecule has 1 heterocycles. The summed E-state index contributed by atoms with van der Waals surface area (Å²) in [6.07, 6.45) is 2.82. The first-order valence-electron chi connectivity index (χ1n) is 6.58. The second-order valence-corrected chi connectivity index (χ2v) is 5.61. The molecule has 0 saturated carbocycles. The van der Waals surface area contributed by atoms with Crippen molar-refractivity contribution in [2.24, 2.45) is 0 Å². The van der Waals surface area contributed by atoms with E-state index in [9.17, 15) is 0 Å². The average Bonchev–Trinajstić information content (AvgIpc) is 2.92. The van der Waals surface area contributed by atoms with Gasteiger partial charge in [-0.05, 0) is 17.7 Å². The molecule has 0 fully saturated rings. The molecular weight excluding hydrogens is 272 g/mol. The van der Waals surface area contributed by atoms with Crippen LogP contribution in [0.2, 0.25) is 0 Å². The van der Waals surface area contributed by atoms with E-state index in [4.69, 9.17) is 9.47 Å². The molecule has 0 aliphatic rings. The second-order valence-electron chi connectivity index (χ2n) is 4.41. The number of hydrogen-bond donors (Lipinski definition) is 1. The SMILES string of the molecule is COCCNCc1cnc(Cc2ccc(OC)cc2)s1. The second kappa shape index (κ2) is 7.99. The third kappa shape index (κ3) is 4.59. The lowest BCUT2D eigenvalue weighted by Crippen LogP contribution is -2.17. The summed E-state index contributed by atoms with van der Waals surface area (Å²) < 4.78 is 10.2. The van der Waals surface area contributed by atoms with Crippen LogP contribution in [0.1, 0.15) is 15.4 Å². The Morgan fingerprint density at radius 3 is 2.70 bits per heavy atom. The van der Waals surface area contributed by atoms with Crippen molar-refractivity contribution in [2.75, 3.05) is 27.4 Å². The number of nitrogens with zero attached hydrogens (tertiary/aromatic N) is 1. The summed E-state index contributed by atoms with van der Waals surface area (Å²) in [7, 11) is 3.39. The molecule has 2 rings (SSSR count). The highest BCUT2D eigenvalue weighted by molar-refractivity contribution is 7.11. The van der Waals surface area contributed by atoms with Gasteiger partial charge in [0.1, 0.15) is 5.75 Å². The van der Waals surface area contributed by atoms with Crippen molar-refractivity contribution >= 4 is 11.3 Å². The highest BCUT2D eigenvalue weighted by atomic mass is 32.1. The molecule has 1 N–H and O–H groups in total. The molecule has 20 heavy (non-hydrogen) atoms. The van der Waals surface area contributed by atoms with Crippen LogP contribution < -0.4 is 10.1 Å². The standard InChI is InChI=1S/C15H20N2O2S/c1-18-8-7-16-10-14-11-17-15(20-14)9-12-3-5-13(19-2)6-4-12/h3-6,11,16H,7-10H2,1-2H3. The number of ether oxygens (including phenoxy) is 2. The van der Waals surface area contributed by atoms with E-state index in [1.54, 1.807) is 25.6 Å². The third-order valence-corrected chi connectivity index (χ3v) is 3.90. The maximum Gasteiger partial charge on any atom is 0.118 e. The molecule has 0 atom stereocenters. The van der Waals surface area contributed by atoms with Crippen LogP contribution in [0.5, 0.6) is 5.75 Å². The Bertz CT molecular complexity index is 511. The van der Waals surface area contributed by atoms with Gasteiger partial charge in [-0.15, -0.1) is 11.3 Å². The molecular formula is C15H20N2O2S. The van der Waals surface area contributed by atoms with Crippen LogP contribution >= 0.6 is 11.3 Å². The van der Waals surface area contributed by atoms with Crippen molar-refractivity contribution in [3.8, 4) is 5.75 Å². The lowest BCUT2D eigenvalue weighted by Gasteiger charge is -2.01. The van der Waals surface area contributed by atoms with Gasteiger partial charge in [0.2, 0.25) is 0 Å². The summed E-state index contributed by atoms with van der Waals surface area (Å²) >= 11 is 1.75. The largest absolute Gasteiger partial charge is 0.497 e. The number of rotatable bonds is 8. The molecule has 108 valence electrons. The van der Waals surface area contributed by atoms with E-state index in [0.717, 1.165) is 36.9 Å². The molecule has 0 bridgehead atoms. The molecule has 0 saturated heterocycles. The monoisotopic (exact) mass is 292 g/mol. The van der Waals surface area contributed by atoms with Crippen molar-refractivity contribution in [1.29, 1.82) is 0 Å². The van der Waals surface area contributed by atoms with Crippen molar-refractivity contribution in [3.05, 3.63) is 45.9 Å². The zero-order chi connectivity index (χ0) is 14.2. The molecule has 1 aromatic heterocycles. The molecule has 0 amide bonds. The lowest BCUT2D eigenvalue weighted by molar-refractivity contribution is 0.199. The maximum atomic E-state index is 5.16. The van der Waals surface area contributed by atoms with Crippen LogP contribution in [-0.2, 0) is 17.7 Å². The first kappa shape index (κ1) is 15.0. The van der Waals surface area contributed by atoms with Crippen molar-refractivity contribution in [3.63, 3.8) is 0 Å². The average molecular weight is 292 g/mol. The summed E-state index contributed by atoms with van der Waals surface area (Å²) in [5.74, 6) is 0.885. The Hall–Kier alpha value is -1.43. The van der Waals surface area contributed by atoms with E-state index in [2.05, 4.69) is 22.4 Å². The van der Waals surface area contributed by atoms with Crippen LogP contribution in [0.25, 0.3) is 0 Å². The number of thiazole rings is 1. The van der Waals surface area contributed by atoms with Gasteiger partial charge < -0.3 is 14.8 Å². The van der Waals surface area contributed by atoms with Crippen molar-refractivity contribution in [1.82, 2.24) is 10.3 Å². The Kier molecular flexibility index (Phi) is 5.98. The fraction of sp³-hybridized carbons (Fsp3) is 0.400. The number of methoxy groups -OCH3 is 2. The molecule has 0 unspecified atom stereocenters. The van der Waals surface area contributed by atoms with E-state index < -0.39 is 0 Å². The van der Waals surface area contributed by atoms with E-state index in [-0.39, 0.29) is 0 Å². The van der Waals surface area contributed by atoms with Crippen LogP contribution in [0.3, 0.4) is 0 Å². The first-order chi connectivity index (χ1) is 9.81. The minimum Gasteiger partial charge on any atom is -0.497 e. The number of nitrogens with one attached hydrogen (secondary N) is 1. The molecule has 0 radical (unpaired) electrons. The van der Waals surface area contributed by atoms with Crippen LogP contribution in [0.15, 0.2) is 30.5 Å². The predicted molar refractivity (Wildman–Crippen MR) is 81.5 cm³/mol. The molecule has 4 nitrogen and oxygen atoms in total. The van der Waals surface area contributed by atoms with Gasteiger partial charge in [0.15, 0.2) is 0 Å². The Labute approximate surface area is 123 Å². The molecule has 0 aliphatic heterocycles. The Balaban J connectivity index is 1.85. The Morgan fingerprint density at radius 1 is 1.20 bits per heavy atom. The quantitative estimate of drug-likeness (QED) is 0.759. The van der Waals surface area contributed by atoms with Crippen molar-refractivity contribution in [2.45, 2.75) is 13.0 Å². The van der Waals surface area contributed by atoms with Gasteiger partial charge in [-0.2, -0.15) is 0 Å². The fourth-order valence-electron chi connectivity index (χ4n) is 1.82. The van der Waals surface area contributed by atoms with Gasteiger partial charge in [-0.1, -0.05) is 12.1 Å². The highest BCUT2D eigenvalue weighted by Gasteiger charge is 2.03. The van der Waals surface area contributed by atoms with Gasteiger partial charge in [-0.25, -0.2) is 4.98 Å².